The minimum atomic E-state index is -4.52. The Morgan fingerprint density at radius 2 is 1.64 bits per heavy atom. The molecule has 3 aromatic rings. The second-order valence-corrected chi connectivity index (χ2v) is 8.03. The number of anilines is 2. The van der Waals surface area contributed by atoms with Crippen molar-refractivity contribution >= 4 is 29.3 Å². The van der Waals surface area contributed by atoms with E-state index in [9.17, 15) is 27.6 Å². The second kappa shape index (κ2) is 10.9. The van der Waals surface area contributed by atoms with Gasteiger partial charge in [0.05, 0.1) is 12.7 Å². The number of methoxy groups -OCH3 is 1. The maximum Gasteiger partial charge on any atom is 0.416 e. The average Bonchev–Trinajstić information content (AvgIpc) is 3.32. The molecule has 9 nitrogen and oxygen atoms in total. The molecule has 3 rings (SSSR count). The summed E-state index contributed by atoms with van der Waals surface area (Å²) in [7, 11) is 1.23. The van der Waals surface area contributed by atoms with Gasteiger partial charge in [-0.3, -0.25) is 4.79 Å². The number of aromatic nitrogens is 1. The third-order valence-corrected chi connectivity index (χ3v) is 5.03. The molecule has 3 N–H and O–H groups in total. The van der Waals surface area contributed by atoms with Gasteiger partial charge in [0.2, 0.25) is 5.76 Å². The summed E-state index contributed by atoms with van der Waals surface area (Å²) in [5, 5.41) is 11.3. The van der Waals surface area contributed by atoms with Crippen molar-refractivity contribution in [1.82, 2.24) is 10.5 Å². The van der Waals surface area contributed by atoms with Crippen molar-refractivity contribution < 1.29 is 36.8 Å². The number of nitrogens with zero attached hydrogens (tertiary/aromatic N) is 1. The third kappa shape index (κ3) is 6.62. The Balaban J connectivity index is 1.62. The van der Waals surface area contributed by atoms with Crippen molar-refractivity contribution in [3.05, 3.63) is 65.9 Å². The minimum absolute atomic E-state index is 0.0146. The van der Waals surface area contributed by atoms with Crippen molar-refractivity contribution in [1.29, 1.82) is 0 Å². The number of rotatable bonds is 7. The highest BCUT2D eigenvalue weighted by atomic mass is 19.4. The van der Waals surface area contributed by atoms with Crippen LogP contribution in [0.2, 0.25) is 0 Å². The fourth-order valence-corrected chi connectivity index (χ4v) is 3.15. The first-order chi connectivity index (χ1) is 17.0. The first kappa shape index (κ1) is 26.3. The quantitative estimate of drug-likeness (QED) is 0.392. The van der Waals surface area contributed by atoms with Crippen LogP contribution in [0.15, 0.2) is 59.1 Å². The number of amides is 3. The van der Waals surface area contributed by atoms with Crippen LogP contribution in [0, 0.1) is 5.92 Å². The summed E-state index contributed by atoms with van der Waals surface area (Å²) >= 11 is 0. The van der Waals surface area contributed by atoms with E-state index in [0.717, 1.165) is 12.1 Å². The van der Waals surface area contributed by atoms with Gasteiger partial charge in [0.1, 0.15) is 11.7 Å². The Hall–Kier alpha value is -4.35. The molecule has 1 heterocycles. The average molecular weight is 504 g/mol. The zero-order chi connectivity index (χ0) is 26.5. The lowest BCUT2D eigenvalue weighted by atomic mass is 10.0. The van der Waals surface area contributed by atoms with Gasteiger partial charge in [0.25, 0.3) is 5.91 Å². The van der Waals surface area contributed by atoms with E-state index < -0.39 is 35.7 Å². The molecule has 0 aliphatic rings. The number of hydrogen-bond acceptors (Lipinski definition) is 6. The Labute approximate surface area is 204 Å². The normalized spacial score (nSPS) is 12.1. The molecule has 0 radical (unpaired) electrons. The van der Waals surface area contributed by atoms with E-state index >= 15 is 0 Å². The van der Waals surface area contributed by atoms with Crippen LogP contribution in [-0.4, -0.2) is 36.2 Å². The van der Waals surface area contributed by atoms with Crippen LogP contribution in [0.5, 0.6) is 0 Å². The third-order valence-electron chi connectivity index (χ3n) is 5.03. The number of benzene rings is 2. The molecule has 0 spiro atoms. The lowest BCUT2D eigenvalue weighted by molar-refractivity contribution is -0.144. The zero-order valence-electron chi connectivity index (χ0n) is 19.5. The predicted molar refractivity (Wildman–Crippen MR) is 124 cm³/mol. The van der Waals surface area contributed by atoms with Gasteiger partial charge in [-0.15, -0.1) is 0 Å². The molecule has 0 aliphatic carbocycles. The SMILES string of the molecule is COC(=O)C(NC(=O)c1cc(-c2ccc(NC(=O)Nc3cccc(C(F)(F)F)c3)cc2)no1)C(C)C. The van der Waals surface area contributed by atoms with Crippen molar-refractivity contribution in [3.63, 3.8) is 0 Å². The van der Waals surface area contributed by atoms with Gasteiger partial charge in [-0.05, 0) is 36.2 Å². The van der Waals surface area contributed by atoms with Gasteiger partial charge in [0.15, 0.2) is 0 Å². The highest BCUT2D eigenvalue weighted by Gasteiger charge is 2.30. The van der Waals surface area contributed by atoms with E-state index in [1.807, 2.05) is 0 Å². The molecule has 1 aromatic heterocycles. The van der Waals surface area contributed by atoms with Crippen LogP contribution in [0.1, 0.15) is 30.0 Å². The Bertz CT molecular complexity index is 1240. The smallest absolute Gasteiger partial charge is 0.416 e. The van der Waals surface area contributed by atoms with Gasteiger partial charge in [0, 0.05) is 23.0 Å². The van der Waals surface area contributed by atoms with Crippen LogP contribution in [0.4, 0.5) is 29.3 Å². The Morgan fingerprint density at radius 1 is 0.972 bits per heavy atom. The standard InChI is InChI=1S/C24H23F3N4O5/c1-13(2)20(22(33)35-3)30-21(32)19-12-18(31-36-19)14-7-9-16(10-8-14)28-23(34)29-17-6-4-5-15(11-17)24(25,26)27/h4-13,20H,1-3H3,(H,30,32)(H2,28,29,34). The number of nitrogens with one attached hydrogen (secondary N) is 3. The first-order valence-electron chi connectivity index (χ1n) is 10.7. The number of carbonyl (C=O) groups is 3. The van der Waals surface area contributed by atoms with Gasteiger partial charge in [-0.25, -0.2) is 9.59 Å². The predicted octanol–water partition coefficient (Wildman–Crippen LogP) is 4.93. The minimum Gasteiger partial charge on any atom is -0.467 e. The molecule has 0 saturated heterocycles. The molecule has 0 saturated carbocycles. The Kier molecular flexibility index (Phi) is 7.97. The fourth-order valence-electron chi connectivity index (χ4n) is 3.15. The largest absolute Gasteiger partial charge is 0.467 e. The van der Waals surface area contributed by atoms with Gasteiger partial charge >= 0.3 is 18.2 Å². The van der Waals surface area contributed by atoms with Crippen molar-refractivity contribution in [2.75, 3.05) is 17.7 Å². The molecule has 2 aromatic carbocycles. The summed E-state index contributed by atoms with van der Waals surface area (Å²) in [6.07, 6.45) is -4.52. The van der Waals surface area contributed by atoms with E-state index in [0.29, 0.717) is 16.9 Å². The van der Waals surface area contributed by atoms with Gasteiger partial charge < -0.3 is 25.2 Å². The van der Waals surface area contributed by atoms with Crippen molar-refractivity contribution in [2.45, 2.75) is 26.1 Å². The summed E-state index contributed by atoms with van der Waals surface area (Å²) in [5.41, 5.74) is 0.367. The molecule has 0 aliphatic heterocycles. The number of carbonyl (C=O) groups excluding carboxylic acids is 3. The molecule has 1 unspecified atom stereocenters. The number of alkyl halides is 3. The van der Waals surface area contributed by atoms with E-state index in [1.54, 1.807) is 38.1 Å². The number of urea groups is 1. The van der Waals surface area contributed by atoms with Crippen molar-refractivity contribution in [3.8, 4) is 11.3 Å². The molecule has 0 fully saturated rings. The molecule has 12 heteroatoms. The van der Waals surface area contributed by atoms with E-state index in [1.165, 1.54) is 25.3 Å². The molecule has 1 atom stereocenters. The van der Waals surface area contributed by atoms with E-state index in [4.69, 9.17) is 9.26 Å². The summed E-state index contributed by atoms with van der Waals surface area (Å²) in [5.74, 6) is -1.54. The van der Waals surface area contributed by atoms with Crippen LogP contribution in [-0.2, 0) is 15.7 Å². The van der Waals surface area contributed by atoms with Crippen LogP contribution in [0.25, 0.3) is 11.3 Å². The van der Waals surface area contributed by atoms with Crippen LogP contribution >= 0.6 is 0 Å². The van der Waals surface area contributed by atoms with Gasteiger partial charge in [-0.2, -0.15) is 13.2 Å². The number of ether oxygens (including phenoxy) is 1. The van der Waals surface area contributed by atoms with Crippen LogP contribution < -0.4 is 16.0 Å². The number of halogens is 3. The summed E-state index contributed by atoms with van der Waals surface area (Å²) in [6, 6.07) is 10.4. The summed E-state index contributed by atoms with van der Waals surface area (Å²) < 4.78 is 48.3. The first-order valence-corrected chi connectivity index (χ1v) is 10.7. The van der Waals surface area contributed by atoms with E-state index in [-0.39, 0.29) is 17.4 Å². The summed E-state index contributed by atoms with van der Waals surface area (Å²) in [6.45, 7) is 3.51. The molecule has 190 valence electrons. The van der Waals surface area contributed by atoms with Crippen LogP contribution in [0.3, 0.4) is 0 Å². The Morgan fingerprint density at radius 3 is 2.25 bits per heavy atom. The molecular formula is C24H23F3N4O5. The van der Waals surface area contributed by atoms with Gasteiger partial charge in [-0.1, -0.05) is 37.2 Å². The topological polar surface area (TPSA) is 123 Å². The summed E-state index contributed by atoms with van der Waals surface area (Å²) in [4.78, 5) is 36.5. The number of esters is 1. The molecular weight excluding hydrogens is 481 g/mol. The fraction of sp³-hybridized carbons (Fsp3) is 0.250. The lowest BCUT2D eigenvalue weighted by Gasteiger charge is -2.18. The molecule has 0 bridgehead atoms. The maximum atomic E-state index is 12.8. The zero-order valence-corrected chi connectivity index (χ0v) is 19.5. The highest BCUT2D eigenvalue weighted by Crippen LogP contribution is 2.30. The van der Waals surface area contributed by atoms with E-state index in [2.05, 4.69) is 21.1 Å². The maximum absolute atomic E-state index is 12.8. The second-order valence-electron chi connectivity index (χ2n) is 8.03. The lowest BCUT2D eigenvalue weighted by Crippen LogP contribution is -2.44. The molecule has 36 heavy (non-hydrogen) atoms. The monoisotopic (exact) mass is 504 g/mol. The van der Waals surface area contributed by atoms with Crippen molar-refractivity contribution in [2.24, 2.45) is 5.92 Å². The number of hydrogen-bond donors (Lipinski definition) is 3. The molecule has 3 amide bonds. The highest BCUT2D eigenvalue weighted by molar-refractivity contribution is 6.00.